The monoisotopic (exact) mass is 293 g/mol. The average Bonchev–Trinajstić information content (AvgIpc) is 2.72. The lowest BCUT2D eigenvalue weighted by atomic mass is 9.94. The van der Waals surface area contributed by atoms with Crippen LogP contribution in [0.5, 0.6) is 5.75 Å². The Morgan fingerprint density at radius 3 is 2.50 bits per heavy atom. The molecular formula is C15H23N3OS. The molecule has 0 aliphatic carbocycles. The Kier molecular flexibility index (Phi) is 3.91. The van der Waals surface area contributed by atoms with Crippen LogP contribution in [0.4, 0.5) is 0 Å². The Morgan fingerprint density at radius 2 is 1.90 bits per heavy atom. The summed E-state index contributed by atoms with van der Waals surface area (Å²) in [6, 6.07) is 0. The average molecular weight is 293 g/mol. The van der Waals surface area contributed by atoms with Crippen LogP contribution >= 0.6 is 11.9 Å². The van der Waals surface area contributed by atoms with Crippen molar-refractivity contribution in [2.75, 3.05) is 7.05 Å². The van der Waals surface area contributed by atoms with Crippen LogP contribution in [0.1, 0.15) is 36.1 Å². The highest BCUT2D eigenvalue weighted by atomic mass is 32.2. The summed E-state index contributed by atoms with van der Waals surface area (Å²) in [5.41, 5.74) is 10.6. The first-order valence-corrected chi connectivity index (χ1v) is 7.55. The summed E-state index contributed by atoms with van der Waals surface area (Å²) in [6.45, 7) is 10.7. The summed E-state index contributed by atoms with van der Waals surface area (Å²) in [6.07, 6.45) is 0.945. The van der Waals surface area contributed by atoms with Crippen molar-refractivity contribution in [1.82, 2.24) is 4.72 Å². The van der Waals surface area contributed by atoms with Gasteiger partial charge in [-0.2, -0.15) is 0 Å². The van der Waals surface area contributed by atoms with Crippen LogP contribution in [0.25, 0.3) is 0 Å². The number of fused-ring (bicyclic) bond motifs is 1. The van der Waals surface area contributed by atoms with Gasteiger partial charge in [-0.05, 0) is 63.3 Å². The Labute approximate surface area is 125 Å². The van der Waals surface area contributed by atoms with E-state index >= 15 is 0 Å². The highest BCUT2D eigenvalue weighted by Crippen LogP contribution is 2.44. The highest BCUT2D eigenvalue weighted by Gasteiger charge is 2.34. The molecule has 3 N–H and O–H groups in total. The number of nitrogens with one attached hydrogen (secondary N) is 1. The van der Waals surface area contributed by atoms with Crippen molar-refractivity contribution in [3.63, 3.8) is 0 Å². The molecule has 0 spiro atoms. The molecule has 0 saturated heterocycles. The second kappa shape index (κ2) is 5.20. The molecule has 0 aromatic heterocycles. The molecule has 5 heteroatoms. The normalized spacial score (nSPS) is 16.8. The van der Waals surface area contributed by atoms with Gasteiger partial charge in [0.2, 0.25) is 0 Å². The number of nitrogens with two attached hydrogens (primary N) is 1. The van der Waals surface area contributed by atoms with E-state index in [1.807, 2.05) is 0 Å². The molecule has 0 bridgehead atoms. The Morgan fingerprint density at radius 1 is 1.25 bits per heavy atom. The number of ether oxygens (including phenoxy) is 1. The zero-order valence-corrected chi connectivity index (χ0v) is 13.9. The first-order chi connectivity index (χ1) is 9.26. The third-order valence-electron chi connectivity index (χ3n) is 3.79. The van der Waals surface area contributed by atoms with E-state index in [-0.39, 0.29) is 5.60 Å². The molecule has 0 fully saturated rings. The van der Waals surface area contributed by atoms with Gasteiger partial charge in [-0.3, -0.25) is 9.71 Å². The van der Waals surface area contributed by atoms with Crippen LogP contribution in [0.2, 0.25) is 0 Å². The van der Waals surface area contributed by atoms with Crippen molar-refractivity contribution in [2.24, 2.45) is 10.7 Å². The van der Waals surface area contributed by atoms with Crippen LogP contribution in [0.15, 0.2) is 9.89 Å². The summed E-state index contributed by atoms with van der Waals surface area (Å²) >= 11 is 1.53. The molecule has 0 amide bonds. The number of benzene rings is 1. The van der Waals surface area contributed by atoms with Gasteiger partial charge in [0.15, 0.2) is 5.96 Å². The van der Waals surface area contributed by atoms with E-state index < -0.39 is 0 Å². The lowest BCUT2D eigenvalue weighted by molar-refractivity contribution is 0.137. The predicted octanol–water partition coefficient (Wildman–Crippen LogP) is 2.87. The van der Waals surface area contributed by atoms with Gasteiger partial charge in [-0.15, -0.1) is 0 Å². The lowest BCUT2D eigenvalue weighted by Crippen LogP contribution is -2.25. The van der Waals surface area contributed by atoms with Crippen molar-refractivity contribution < 1.29 is 4.74 Å². The van der Waals surface area contributed by atoms with Gasteiger partial charge in [0.05, 0.1) is 0 Å². The maximum Gasteiger partial charge on any atom is 0.198 e. The Bertz CT molecular complexity index is 579. The Balaban J connectivity index is 2.44. The topological polar surface area (TPSA) is 59.6 Å². The second-order valence-corrected chi connectivity index (χ2v) is 6.68. The fourth-order valence-corrected chi connectivity index (χ4v) is 3.43. The maximum atomic E-state index is 6.11. The van der Waals surface area contributed by atoms with E-state index in [1.165, 1.54) is 39.1 Å². The van der Waals surface area contributed by atoms with Crippen molar-refractivity contribution >= 4 is 17.9 Å². The molecule has 1 aromatic carbocycles. The minimum atomic E-state index is -0.120. The summed E-state index contributed by atoms with van der Waals surface area (Å²) in [7, 11) is 1.67. The largest absolute Gasteiger partial charge is 0.487 e. The molecule has 110 valence electrons. The van der Waals surface area contributed by atoms with Crippen LogP contribution in [-0.2, 0) is 6.42 Å². The van der Waals surface area contributed by atoms with Gasteiger partial charge < -0.3 is 10.5 Å². The minimum Gasteiger partial charge on any atom is -0.487 e. The van der Waals surface area contributed by atoms with Gasteiger partial charge in [0.25, 0.3) is 0 Å². The Hall–Kier alpha value is -1.36. The smallest absolute Gasteiger partial charge is 0.198 e. The van der Waals surface area contributed by atoms with Crippen LogP contribution in [0, 0.1) is 20.8 Å². The standard InChI is InChI=1S/C15H23N3OS/c1-8-9(2)13(20-18-14(16)17-6)10(3)11-7-15(4,5)19-12(8)11/h7H2,1-6H3,(H3,16,17,18). The molecule has 1 heterocycles. The van der Waals surface area contributed by atoms with Crippen LogP contribution in [0.3, 0.4) is 0 Å². The zero-order chi connectivity index (χ0) is 15.1. The zero-order valence-electron chi connectivity index (χ0n) is 13.0. The van der Waals surface area contributed by atoms with Crippen molar-refractivity contribution in [3.8, 4) is 5.75 Å². The number of hydrogen-bond donors (Lipinski definition) is 2. The third kappa shape index (κ3) is 2.59. The molecule has 0 saturated carbocycles. The fourth-order valence-electron chi connectivity index (χ4n) is 2.55. The summed E-state index contributed by atoms with van der Waals surface area (Å²) in [4.78, 5) is 5.14. The first kappa shape index (κ1) is 15.0. The van der Waals surface area contributed by atoms with E-state index in [0.717, 1.165) is 12.2 Å². The molecule has 1 aliphatic heterocycles. The number of aliphatic imine (C=N–C) groups is 1. The number of guanidine groups is 1. The minimum absolute atomic E-state index is 0.120. The van der Waals surface area contributed by atoms with Gasteiger partial charge in [-0.1, -0.05) is 0 Å². The molecule has 2 rings (SSSR count). The van der Waals surface area contributed by atoms with Gasteiger partial charge in [0.1, 0.15) is 11.4 Å². The van der Waals surface area contributed by atoms with Gasteiger partial charge in [-0.25, -0.2) is 0 Å². The van der Waals surface area contributed by atoms with Crippen molar-refractivity contribution in [1.29, 1.82) is 0 Å². The quantitative estimate of drug-likeness (QED) is 0.500. The van der Waals surface area contributed by atoms with Gasteiger partial charge in [0, 0.05) is 23.9 Å². The van der Waals surface area contributed by atoms with Crippen molar-refractivity contribution in [3.05, 3.63) is 22.3 Å². The van der Waals surface area contributed by atoms with Gasteiger partial charge >= 0.3 is 0 Å². The molecule has 20 heavy (non-hydrogen) atoms. The molecule has 0 radical (unpaired) electrons. The SMILES string of the molecule is CN=C(N)NSc1c(C)c(C)c2c(c1C)CC(C)(C)O2. The lowest BCUT2D eigenvalue weighted by Gasteiger charge is -2.19. The second-order valence-electron chi connectivity index (χ2n) is 5.86. The number of rotatable bonds is 2. The molecular weight excluding hydrogens is 270 g/mol. The molecule has 1 aromatic rings. The number of hydrogen-bond acceptors (Lipinski definition) is 3. The van der Waals surface area contributed by atoms with Crippen LogP contribution in [-0.4, -0.2) is 18.6 Å². The number of nitrogens with zero attached hydrogens (tertiary/aromatic N) is 1. The fraction of sp³-hybridized carbons (Fsp3) is 0.533. The van der Waals surface area contributed by atoms with E-state index in [9.17, 15) is 0 Å². The summed E-state index contributed by atoms with van der Waals surface area (Å²) < 4.78 is 9.18. The summed E-state index contributed by atoms with van der Waals surface area (Å²) in [5.74, 6) is 1.50. The van der Waals surface area contributed by atoms with Crippen LogP contribution < -0.4 is 15.2 Å². The molecule has 1 aliphatic rings. The molecule has 0 atom stereocenters. The summed E-state index contributed by atoms with van der Waals surface area (Å²) in [5, 5.41) is 0. The van der Waals surface area contributed by atoms with E-state index in [2.05, 4.69) is 44.3 Å². The van der Waals surface area contributed by atoms with Crippen molar-refractivity contribution in [2.45, 2.75) is 51.5 Å². The maximum absolute atomic E-state index is 6.11. The van der Waals surface area contributed by atoms with E-state index in [1.54, 1.807) is 7.05 Å². The molecule has 0 unspecified atom stereocenters. The predicted molar refractivity (Wildman–Crippen MR) is 85.6 cm³/mol. The first-order valence-electron chi connectivity index (χ1n) is 6.73. The molecule has 4 nitrogen and oxygen atoms in total. The van der Waals surface area contributed by atoms with E-state index in [4.69, 9.17) is 10.5 Å². The highest BCUT2D eigenvalue weighted by molar-refractivity contribution is 7.98. The third-order valence-corrected chi connectivity index (χ3v) is 4.92. The van der Waals surface area contributed by atoms with E-state index in [0.29, 0.717) is 5.96 Å².